The largest absolute Gasteiger partial charge is 0.493 e. The fourth-order valence-electron chi connectivity index (χ4n) is 2.94. The predicted octanol–water partition coefficient (Wildman–Crippen LogP) is 4.40. The molecule has 1 heterocycles. The summed E-state index contributed by atoms with van der Waals surface area (Å²) in [6, 6.07) is 19.2. The lowest BCUT2D eigenvalue weighted by atomic mass is 10.1. The molecule has 0 unspecified atom stereocenters. The molecule has 2 aromatic carbocycles. The van der Waals surface area contributed by atoms with Gasteiger partial charge in [-0.05, 0) is 42.7 Å². The number of hydrogen-bond donors (Lipinski definition) is 2. The van der Waals surface area contributed by atoms with Gasteiger partial charge in [-0.15, -0.1) is 0 Å². The second-order valence-corrected chi connectivity index (χ2v) is 6.47. The zero-order chi connectivity index (χ0) is 20.5. The molecule has 150 valence electrons. The minimum Gasteiger partial charge on any atom is -0.493 e. The number of ether oxygens (including phenoxy) is 2. The summed E-state index contributed by atoms with van der Waals surface area (Å²) in [5.74, 6) is 0.863. The van der Waals surface area contributed by atoms with E-state index >= 15 is 0 Å². The number of aromatic nitrogens is 1. The van der Waals surface area contributed by atoms with Gasteiger partial charge in [0, 0.05) is 30.2 Å². The average Bonchev–Trinajstić information content (AvgIpc) is 2.77. The molecule has 0 atom stereocenters. The van der Waals surface area contributed by atoms with Gasteiger partial charge in [0.05, 0.1) is 14.2 Å². The highest BCUT2D eigenvalue weighted by Gasteiger charge is 2.11. The van der Waals surface area contributed by atoms with Crippen molar-refractivity contribution in [1.82, 2.24) is 4.98 Å². The van der Waals surface area contributed by atoms with Crippen molar-refractivity contribution in [1.29, 1.82) is 0 Å². The molecule has 0 radical (unpaired) electrons. The molecule has 0 aliphatic rings. The van der Waals surface area contributed by atoms with Crippen molar-refractivity contribution in [3.63, 3.8) is 0 Å². The lowest BCUT2D eigenvalue weighted by molar-refractivity contribution is 0.102. The van der Waals surface area contributed by atoms with Crippen LogP contribution < -0.4 is 20.1 Å². The van der Waals surface area contributed by atoms with Gasteiger partial charge in [-0.25, -0.2) is 0 Å². The van der Waals surface area contributed by atoms with Crippen molar-refractivity contribution in [2.75, 3.05) is 31.4 Å². The Balaban J connectivity index is 1.56. The van der Waals surface area contributed by atoms with Crippen molar-refractivity contribution < 1.29 is 14.3 Å². The molecule has 2 N–H and O–H groups in total. The van der Waals surface area contributed by atoms with Crippen molar-refractivity contribution >= 4 is 17.3 Å². The number of rotatable bonds is 9. The number of anilines is 2. The topological polar surface area (TPSA) is 72.5 Å². The van der Waals surface area contributed by atoms with Crippen LogP contribution in [0.5, 0.6) is 11.5 Å². The number of benzene rings is 2. The fraction of sp³-hybridized carbons (Fsp3) is 0.217. The number of amides is 1. The van der Waals surface area contributed by atoms with Crippen LogP contribution in [0.2, 0.25) is 0 Å². The zero-order valence-electron chi connectivity index (χ0n) is 16.6. The lowest BCUT2D eigenvalue weighted by Crippen LogP contribution is -2.14. The summed E-state index contributed by atoms with van der Waals surface area (Å²) in [5, 5.41) is 6.19. The van der Waals surface area contributed by atoms with E-state index in [0.717, 1.165) is 25.1 Å². The summed E-state index contributed by atoms with van der Waals surface area (Å²) < 4.78 is 10.5. The highest BCUT2D eigenvalue weighted by atomic mass is 16.5. The van der Waals surface area contributed by atoms with Crippen LogP contribution >= 0.6 is 0 Å². The first kappa shape index (κ1) is 20.2. The molecule has 0 saturated carbocycles. The van der Waals surface area contributed by atoms with Crippen LogP contribution in [0, 0.1) is 0 Å². The predicted molar refractivity (Wildman–Crippen MR) is 115 cm³/mol. The number of nitrogens with zero attached hydrogens (tertiary/aromatic N) is 1. The van der Waals surface area contributed by atoms with Crippen molar-refractivity contribution in [3.8, 4) is 11.5 Å². The van der Waals surface area contributed by atoms with Crippen LogP contribution in [0.4, 0.5) is 11.4 Å². The van der Waals surface area contributed by atoms with Gasteiger partial charge in [0.25, 0.3) is 5.91 Å². The first-order valence-corrected chi connectivity index (χ1v) is 9.47. The van der Waals surface area contributed by atoms with Gasteiger partial charge in [-0.2, -0.15) is 0 Å². The summed E-state index contributed by atoms with van der Waals surface area (Å²) in [5.41, 5.74) is 3.13. The molecule has 0 saturated heterocycles. The van der Waals surface area contributed by atoms with Crippen molar-refractivity contribution in [2.45, 2.75) is 12.8 Å². The Labute approximate surface area is 170 Å². The van der Waals surface area contributed by atoms with E-state index in [-0.39, 0.29) is 5.91 Å². The SMILES string of the molecule is COc1ccc(NC(=O)c2cc(NCCCc3ccccc3)ccn2)cc1OC. The van der Waals surface area contributed by atoms with Crippen LogP contribution in [-0.2, 0) is 6.42 Å². The maximum atomic E-state index is 12.6. The number of carbonyl (C=O) groups excluding carboxylic acids is 1. The molecule has 0 aliphatic carbocycles. The van der Waals surface area contributed by atoms with E-state index in [1.165, 1.54) is 5.56 Å². The number of carbonyl (C=O) groups is 1. The van der Waals surface area contributed by atoms with E-state index in [4.69, 9.17) is 9.47 Å². The Hall–Kier alpha value is -3.54. The number of pyridine rings is 1. The molecule has 0 fully saturated rings. The summed E-state index contributed by atoms with van der Waals surface area (Å²) in [7, 11) is 3.12. The number of nitrogens with one attached hydrogen (secondary N) is 2. The molecule has 3 aromatic rings. The maximum Gasteiger partial charge on any atom is 0.274 e. The van der Waals surface area contributed by atoms with Crippen LogP contribution in [0.25, 0.3) is 0 Å². The molecule has 1 aromatic heterocycles. The molecule has 0 spiro atoms. The average molecular weight is 391 g/mol. The van der Waals surface area contributed by atoms with Crippen molar-refractivity contribution in [2.24, 2.45) is 0 Å². The Kier molecular flexibility index (Phi) is 7.05. The van der Waals surface area contributed by atoms with E-state index in [1.807, 2.05) is 12.1 Å². The maximum absolute atomic E-state index is 12.6. The summed E-state index contributed by atoms with van der Waals surface area (Å²) >= 11 is 0. The van der Waals surface area contributed by atoms with Crippen molar-refractivity contribution in [3.05, 3.63) is 78.1 Å². The van der Waals surface area contributed by atoms with E-state index in [2.05, 4.69) is 39.9 Å². The summed E-state index contributed by atoms with van der Waals surface area (Å²) in [6.45, 7) is 0.815. The molecule has 6 nitrogen and oxygen atoms in total. The Morgan fingerprint density at radius 2 is 1.72 bits per heavy atom. The first-order valence-electron chi connectivity index (χ1n) is 9.47. The van der Waals surface area contributed by atoms with E-state index in [1.54, 1.807) is 44.7 Å². The number of hydrogen-bond acceptors (Lipinski definition) is 5. The third-order valence-corrected chi connectivity index (χ3v) is 4.45. The van der Waals surface area contributed by atoms with Gasteiger partial charge >= 0.3 is 0 Å². The second kappa shape index (κ2) is 10.1. The molecule has 6 heteroatoms. The first-order chi connectivity index (χ1) is 14.2. The fourth-order valence-corrected chi connectivity index (χ4v) is 2.94. The molecular weight excluding hydrogens is 366 g/mol. The van der Waals surface area contributed by atoms with Crippen LogP contribution in [0.15, 0.2) is 66.9 Å². The number of aryl methyl sites for hydroxylation is 1. The number of methoxy groups -OCH3 is 2. The summed E-state index contributed by atoms with van der Waals surface area (Å²) in [4.78, 5) is 16.7. The molecule has 1 amide bonds. The van der Waals surface area contributed by atoms with Gasteiger partial charge in [0.15, 0.2) is 11.5 Å². The Bertz CT molecular complexity index is 945. The Morgan fingerprint density at radius 3 is 2.48 bits per heavy atom. The van der Waals surface area contributed by atoms with E-state index in [9.17, 15) is 4.79 Å². The zero-order valence-corrected chi connectivity index (χ0v) is 16.6. The molecule has 3 rings (SSSR count). The minimum atomic E-state index is -0.287. The third-order valence-electron chi connectivity index (χ3n) is 4.45. The van der Waals surface area contributed by atoms with Crippen LogP contribution in [0.3, 0.4) is 0 Å². The van der Waals surface area contributed by atoms with Crippen LogP contribution in [0.1, 0.15) is 22.5 Å². The summed E-state index contributed by atoms with van der Waals surface area (Å²) in [6.07, 6.45) is 3.63. The van der Waals surface area contributed by atoms with Gasteiger partial charge in [0.1, 0.15) is 5.69 Å². The lowest BCUT2D eigenvalue weighted by Gasteiger charge is -2.11. The van der Waals surface area contributed by atoms with E-state index < -0.39 is 0 Å². The standard InChI is InChI=1S/C23H25N3O3/c1-28-21-11-10-19(16-22(21)29-2)26-23(27)20-15-18(12-14-25-20)24-13-6-9-17-7-4-3-5-8-17/h3-5,7-8,10-12,14-16H,6,9,13H2,1-2H3,(H,24,25)(H,26,27). The normalized spacial score (nSPS) is 10.3. The molecule has 0 bridgehead atoms. The highest BCUT2D eigenvalue weighted by Crippen LogP contribution is 2.29. The van der Waals surface area contributed by atoms with Gasteiger partial charge < -0.3 is 20.1 Å². The molecular formula is C23H25N3O3. The van der Waals surface area contributed by atoms with Gasteiger partial charge in [-0.1, -0.05) is 30.3 Å². The second-order valence-electron chi connectivity index (χ2n) is 6.47. The smallest absolute Gasteiger partial charge is 0.274 e. The molecule has 29 heavy (non-hydrogen) atoms. The Morgan fingerprint density at radius 1 is 0.931 bits per heavy atom. The molecule has 0 aliphatic heterocycles. The van der Waals surface area contributed by atoms with Gasteiger partial charge in [0.2, 0.25) is 0 Å². The van der Waals surface area contributed by atoms with E-state index in [0.29, 0.717) is 22.9 Å². The monoisotopic (exact) mass is 391 g/mol. The van der Waals surface area contributed by atoms with Crippen LogP contribution in [-0.4, -0.2) is 31.7 Å². The third kappa shape index (κ3) is 5.72. The minimum absolute atomic E-state index is 0.287. The van der Waals surface area contributed by atoms with Gasteiger partial charge in [-0.3, -0.25) is 9.78 Å². The quantitative estimate of drug-likeness (QED) is 0.529. The highest BCUT2D eigenvalue weighted by molar-refractivity contribution is 6.03.